The lowest BCUT2D eigenvalue weighted by atomic mass is 9.95. The van der Waals surface area contributed by atoms with Crippen LogP contribution in [0.15, 0.2) is 6.07 Å². The lowest BCUT2D eigenvalue weighted by Gasteiger charge is -2.35. The van der Waals surface area contributed by atoms with Crippen LogP contribution in [-0.2, 0) is 10.2 Å². The maximum absolute atomic E-state index is 5.49. The molecule has 0 radical (unpaired) electrons. The van der Waals surface area contributed by atoms with Crippen LogP contribution in [0.5, 0.6) is 0 Å². The second-order valence-corrected chi connectivity index (χ2v) is 6.05. The highest BCUT2D eigenvalue weighted by Crippen LogP contribution is 2.25. The molecule has 5 heteroatoms. The zero-order valence-electron chi connectivity index (χ0n) is 12.5. The van der Waals surface area contributed by atoms with Gasteiger partial charge in [-0.3, -0.25) is 0 Å². The molecule has 1 aliphatic rings. The van der Waals surface area contributed by atoms with Gasteiger partial charge >= 0.3 is 0 Å². The van der Waals surface area contributed by atoms with Crippen LogP contribution in [0.3, 0.4) is 0 Å². The molecule has 2 rings (SSSR count). The van der Waals surface area contributed by atoms with Crippen molar-refractivity contribution in [3.63, 3.8) is 0 Å². The Kier molecular flexibility index (Phi) is 3.94. The van der Waals surface area contributed by atoms with Gasteiger partial charge in [-0.1, -0.05) is 20.8 Å². The molecule has 106 valence electrons. The third kappa shape index (κ3) is 3.15. The SMILES string of the molecule is CNc1cc(N2CCOCC2C)nc(C(C)(C)C)n1. The van der Waals surface area contributed by atoms with Crippen molar-refractivity contribution in [2.75, 3.05) is 37.0 Å². The fourth-order valence-electron chi connectivity index (χ4n) is 2.11. The summed E-state index contributed by atoms with van der Waals surface area (Å²) in [5.41, 5.74) is -0.0584. The summed E-state index contributed by atoms with van der Waals surface area (Å²) >= 11 is 0. The molecule has 1 aromatic rings. The summed E-state index contributed by atoms with van der Waals surface area (Å²) in [6.45, 7) is 11.0. The van der Waals surface area contributed by atoms with E-state index < -0.39 is 0 Å². The number of morpholine rings is 1. The van der Waals surface area contributed by atoms with Crippen LogP contribution in [0.2, 0.25) is 0 Å². The van der Waals surface area contributed by atoms with Crippen LogP contribution in [-0.4, -0.2) is 42.8 Å². The molecular weight excluding hydrogens is 240 g/mol. The van der Waals surface area contributed by atoms with Gasteiger partial charge in [-0.15, -0.1) is 0 Å². The van der Waals surface area contributed by atoms with E-state index in [-0.39, 0.29) is 5.41 Å². The number of anilines is 2. The Morgan fingerprint density at radius 3 is 2.68 bits per heavy atom. The van der Waals surface area contributed by atoms with Gasteiger partial charge in [-0.05, 0) is 6.92 Å². The summed E-state index contributed by atoms with van der Waals surface area (Å²) in [4.78, 5) is 11.6. The van der Waals surface area contributed by atoms with Gasteiger partial charge in [0.1, 0.15) is 17.5 Å². The Labute approximate surface area is 115 Å². The average Bonchev–Trinajstić information content (AvgIpc) is 2.37. The number of nitrogens with one attached hydrogen (secondary N) is 1. The Bertz CT molecular complexity index is 442. The van der Waals surface area contributed by atoms with E-state index in [2.05, 4.69) is 42.9 Å². The molecule has 1 unspecified atom stereocenters. The predicted octanol–water partition coefficient (Wildman–Crippen LogP) is 2.04. The number of ether oxygens (including phenoxy) is 1. The van der Waals surface area contributed by atoms with E-state index in [0.29, 0.717) is 6.04 Å². The smallest absolute Gasteiger partial charge is 0.138 e. The first-order valence-corrected chi connectivity index (χ1v) is 6.83. The highest BCUT2D eigenvalue weighted by Gasteiger charge is 2.24. The first kappa shape index (κ1) is 14.1. The largest absolute Gasteiger partial charge is 0.377 e. The van der Waals surface area contributed by atoms with Crippen molar-refractivity contribution in [1.29, 1.82) is 0 Å². The second-order valence-electron chi connectivity index (χ2n) is 6.05. The van der Waals surface area contributed by atoms with E-state index in [1.54, 1.807) is 0 Å². The third-order valence-electron chi connectivity index (χ3n) is 3.30. The quantitative estimate of drug-likeness (QED) is 0.886. The second kappa shape index (κ2) is 5.33. The van der Waals surface area contributed by atoms with Crippen LogP contribution in [0, 0.1) is 0 Å². The fourth-order valence-corrected chi connectivity index (χ4v) is 2.11. The fraction of sp³-hybridized carbons (Fsp3) is 0.714. The molecule has 1 fully saturated rings. The monoisotopic (exact) mass is 264 g/mol. The van der Waals surface area contributed by atoms with E-state index >= 15 is 0 Å². The topological polar surface area (TPSA) is 50.3 Å². The zero-order valence-corrected chi connectivity index (χ0v) is 12.5. The van der Waals surface area contributed by atoms with Gasteiger partial charge in [-0.25, -0.2) is 9.97 Å². The van der Waals surface area contributed by atoms with Crippen LogP contribution in [0.25, 0.3) is 0 Å². The molecule has 0 saturated carbocycles. The average molecular weight is 264 g/mol. The molecule has 0 bridgehead atoms. The molecule has 0 aromatic carbocycles. The molecule has 1 atom stereocenters. The summed E-state index contributed by atoms with van der Waals surface area (Å²) < 4.78 is 5.49. The van der Waals surface area contributed by atoms with Crippen LogP contribution in [0.1, 0.15) is 33.5 Å². The Hall–Kier alpha value is -1.36. The minimum Gasteiger partial charge on any atom is -0.377 e. The van der Waals surface area contributed by atoms with Crippen molar-refractivity contribution in [2.45, 2.75) is 39.2 Å². The summed E-state index contributed by atoms with van der Waals surface area (Å²) in [6.07, 6.45) is 0. The normalized spacial score (nSPS) is 20.5. The number of rotatable bonds is 2. The van der Waals surface area contributed by atoms with Gasteiger partial charge in [0.2, 0.25) is 0 Å². The van der Waals surface area contributed by atoms with Gasteiger partial charge < -0.3 is 15.0 Å². The van der Waals surface area contributed by atoms with Crippen molar-refractivity contribution < 1.29 is 4.74 Å². The number of hydrogen-bond acceptors (Lipinski definition) is 5. The standard InChI is InChI=1S/C14H24N4O/c1-10-9-19-7-6-18(10)12-8-11(15-5)16-13(17-12)14(2,3)4/h8,10H,6-7,9H2,1-5H3,(H,15,16,17). The van der Waals surface area contributed by atoms with Crippen LogP contribution < -0.4 is 10.2 Å². The van der Waals surface area contributed by atoms with Crippen molar-refractivity contribution in [1.82, 2.24) is 9.97 Å². The molecule has 1 saturated heterocycles. The van der Waals surface area contributed by atoms with E-state index in [1.807, 2.05) is 13.1 Å². The minimum atomic E-state index is -0.0584. The van der Waals surface area contributed by atoms with Crippen molar-refractivity contribution in [3.05, 3.63) is 11.9 Å². The summed E-state index contributed by atoms with van der Waals surface area (Å²) in [5, 5.41) is 3.12. The predicted molar refractivity (Wildman–Crippen MR) is 77.9 cm³/mol. The Balaban J connectivity index is 2.39. The van der Waals surface area contributed by atoms with E-state index in [1.165, 1.54) is 0 Å². The van der Waals surface area contributed by atoms with Gasteiger partial charge in [0.05, 0.1) is 19.3 Å². The van der Waals surface area contributed by atoms with Gasteiger partial charge in [0.15, 0.2) is 0 Å². The lowest BCUT2D eigenvalue weighted by Crippen LogP contribution is -2.44. The summed E-state index contributed by atoms with van der Waals surface area (Å²) in [7, 11) is 1.89. The first-order chi connectivity index (χ1) is 8.91. The molecule has 19 heavy (non-hydrogen) atoms. The molecule has 0 amide bonds. The highest BCUT2D eigenvalue weighted by atomic mass is 16.5. The van der Waals surface area contributed by atoms with Crippen molar-refractivity contribution in [2.24, 2.45) is 0 Å². The number of hydrogen-bond donors (Lipinski definition) is 1. The van der Waals surface area contributed by atoms with E-state index in [9.17, 15) is 0 Å². The Morgan fingerprint density at radius 1 is 1.37 bits per heavy atom. The van der Waals surface area contributed by atoms with Crippen LogP contribution in [0.4, 0.5) is 11.6 Å². The molecule has 0 aliphatic carbocycles. The maximum atomic E-state index is 5.49. The maximum Gasteiger partial charge on any atom is 0.138 e. The summed E-state index contributed by atoms with van der Waals surface area (Å²) in [6, 6.07) is 2.36. The van der Waals surface area contributed by atoms with Gasteiger partial charge in [0, 0.05) is 25.1 Å². The van der Waals surface area contributed by atoms with Gasteiger partial charge in [0.25, 0.3) is 0 Å². The molecule has 1 aromatic heterocycles. The van der Waals surface area contributed by atoms with Crippen molar-refractivity contribution >= 4 is 11.6 Å². The molecule has 0 spiro atoms. The number of nitrogens with zero attached hydrogens (tertiary/aromatic N) is 3. The van der Waals surface area contributed by atoms with Crippen molar-refractivity contribution in [3.8, 4) is 0 Å². The van der Waals surface area contributed by atoms with Crippen LogP contribution >= 0.6 is 0 Å². The molecule has 1 N–H and O–H groups in total. The minimum absolute atomic E-state index is 0.0584. The molecule has 5 nitrogen and oxygen atoms in total. The van der Waals surface area contributed by atoms with E-state index in [0.717, 1.165) is 37.2 Å². The third-order valence-corrected chi connectivity index (χ3v) is 3.30. The molecular formula is C14H24N4O. The molecule has 2 heterocycles. The van der Waals surface area contributed by atoms with Gasteiger partial charge in [-0.2, -0.15) is 0 Å². The lowest BCUT2D eigenvalue weighted by molar-refractivity contribution is 0.0985. The Morgan fingerprint density at radius 2 is 2.11 bits per heavy atom. The van der Waals surface area contributed by atoms with E-state index in [4.69, 9.17) is 9.72 Å². The first-order valence-electron chi connectivity index (χ1n) is 6.83. The molecule has 1 aliphatic heterocycles. The number of aromatic nitrogens is 2. The highest BCUT2D eigenvalue weighted by molar-refractivity contribution is 5.50. The summed E-state index contributed by atoms with van der Waals surface area (Å²) in [5.74, 6) is 2.72. The zero-order chi connectivity index (χ0) is 14.0.